The zero-order valence-electron chi connectivity index (χ0n) is 12.5. The lowest BCUT2D eigenvalue weighted by molar-refractivity contribution is -0.115. The minimum atomic E-state index is -0.129. The highest BCUT2D eigenvalue weighted by atomic mass is 35.5. The van der Waals surface area contributed by atoms with Crippen molar-refractivity contribution < 1.29 is 4.79 Å². The van der Waals surface area contributed by atoms with Gasteiger partial charge in [0.2, 0.25) is 11.1 Å². The first kappa shape index (κ1) is 16.4. The molecule has 0 aliphatic carbocycles. The summed E-state index contributed by atoms with van der Waals surface area (Å²) in [5, 5.41) is 15.5. The Labute approximate surface area is 147 Å². The van der Waals surface area contributed by atoms with Gasteiger partial charge in [0.05, 0.1) is 10.7 Å². The number of amides is 1. The van der Waals surface area contributed by atoms with E-state index in [4.69, 9.17) is 11.6 Å². The first-order chi connectivity index (χ1) is 11.7. The lowest BCUT2D eigenvalue weighted by Gasteiger charge is -2.05. The molecule has 0 atom stereocenters. The standard InChI is InChI=1S/C15H13ClN6OS/c16-11-6-7-13(17-10-11)18-14(23)8-9-24-15-19-20-21-22(15)12-4-2-1-3-5-12/h1-7,10H,8-9H2,(H,17,18,23). The number of pyridine rings is 1. The predicted molar refractivity (Wildman–Crippen MR) is 92.4 cm³/mol. The molecule has 0 radical (unpaired) electrons. The van der Waals surface area contributed by atoms with E-state index >= 15 is 0 Å². The number of tetrazole rings is 1. The minimum absolute atomic E-state index is 0.129. The van der Waals surface area contributed by atoms with Gasteiger partial charge >= 0.3 is 0 Å². The molecule has 0 aliphatic rings. The number of halogens is 1. The Morgan fingerprint density at radius 1 is 1.21 bits per heavy atom. The van der Waals surface area contributed by atoms with Crippen LogP contribution in [0.5, 0.6) is 0 Å². The summed E-state index contributed by atoms with van der Waals surface area (Å²) in [5.74, 6) is 0.895. The van der Waals surface area contributed by atoms with Crippen LogP contribution < -0.4 is 5.32 Å². The number of thioether (sulfide) groups is 1. The van der Waals surface area contributed by atoms with E-state index < -0.39 is 0 Å². The Morgan fingerprint density at radius 2 is 2.04 bits per heavy atom. The summed E-state index contributed by atoms with van der Waals surface area (Å²) in [7, 11) is 0. The molecule has 122 valence electrons. The quantitative estimate of drug-likeness (QED) is 0.680. The van der Waals surface area contributed by atoms with Crippen LogP contribution >= 0.6 is 23.4 Å². The van der Waals surface area contributed by atoms with E-state index in [2.05, 4.69) is 25.8 Å². The number of nitrogens with one attached hydrogen (secondary N) is 1. The fourth-order valence-corrected chi connectivity index (χ4v) is 2.83. The van der Waals surface area contributed by atoms with E-state index in [9.17, 15) is 4.79 Å². The third kappa shape index (κ3) is 4.30. The third-order valence-corrected chi connectivity index (χ3v) is 4.14. The molecule has 0 aliphatic heterocycles. The Kier molecular flexibility index (Phi) is 5.39. The van der Waals surface area contributed by atoms with Gasteiger partial charge in [-0.25, -0.2) is 4.98 Å². The Bertz CT molecular complexity index is 808. The highest BCUT2D eigenvalue weighted by Crippen LogP contribution is 2.19. The number of carbonyl (C=O) groups is 1. The molecule has 0 saturated carbocycles. The number of para-hydroxylation sites is 1. The summed E-state index contributed by atoms with van der Waals surface area (Å²) in [5.41, 5.74) is 0.875. The summed E-state index contributed by atoms with van der Waals surface area (Å²) >= 11 is 7.17. The zero-order valence-corrected chi connectivity index (χ0v) is 14.0. The minimum Gasteiger partial charge on any atom is -0.311 e. The average molecular weight is 361 g/mol. The Balaban J connectivity index is 1.53. The first-order valence-electron chi connectivity index (χ1n) is 7.10. The normalized spacial score (nSPS) is 10.5. The predicted octanol–water partition coefficient (Wildman–Crippen LogP) is 2.83. The van der Waals surface area contributed by atoms with E-state index in [0.29, 0.717) is 28.2 Å². The first-order valence-corrected chi connectivity index (χ1v) is 8.47. The van der Waals surface area contributed by atoms with Gasteiger partial charge in [0.1, 0.15) is 5.82 Å². The highest BCUT2D eigenvalue weighted by Gasteiger charge is 2.10. The zero-order chi connectivity index (χ0) is 16.8. The van der Waals surface area contributed by atoms with Gasteiger partial charge in [-0.15, -0.1) is 5.10 Å². The molecule has 2 heterocycles. The summed E-state index contributed by atoms with van der Waals surface area (Å²) in [6, 6.07) is 12.9. The molecule has 0 bridgehead atoms. The maximum atomic E-state index is 11.9. The lowest BCUT2D eigenvalue weighted by atomic mass is 10.3. The molecule has 1 aromatic carbocycles. The topological polar surface area (TPSA) is 85.6 Å². The average Bonchev–Trinajstić information content (AvgIpc) is 3.06. The fourth-order valence-electron chi connectivity index (χ4n) is 1.89. The van der Waals surface area contributed by atoms with Crippen LogP contribution in [0.4, 0.5) is 5.82 Å². The number of hydrogen-bond donors (Lipinski definition) is 1. The Hall–Kier alpha value is -2.45. The monoisotopic (exact) mass is 360 g/mol. The molecule has 7 nitrogen and oxygen atoms in total. The van der Waals surface area contributed by atoms with Crippen molar-refractivity contribution in [2.75, 3.05) is 11.1 Å². The van der Waals surface area contributed by atoms with Crippen molar-refractivity contribution >= 4 is 35.1 Å². The lowest BCUT2D eigenvalue weighted by Crippen LogP contribution is -2.13. The molecule has 1 amide bonds. The number of benzene rings is 1. The van der Waals surface area contributed by atoms with Crippen molar-refractivity contribution in [1.29, 1.82) is 0 Å². The number of hydrogen-bond acceptors (Lipinski definition) is 6. The van der Waals surface area contributed by atoms with Crippen molar-refractivity contribution in [3.05, 3.63) is 53.7 Å². The molecule has 3 rings (SSSR count). The van der Waals surface area contributed by atoms with Crippen LogP contribution in [-0.4, -0.2) is 36.9 Å². The maximum absolute atomic E-state index is 11.9. The van der Waals surface area contributed by atoms with Crippen LogP contribution in [0.25, 0.3) is 5.69 Å². The van der Waals surface area contributed by atoms with Crippen LogP contribution in [-0.2, 0) is 4.79 Å². The van der Waals surface area contributed by atoms with Crippen LogP contribution in [0.15, 0.2) is 53.8 Å². The molecular weight excluding hydrogens is 348 g/mol. The van der Waals surface area contributed by atoms with Crippen LogP contribution in [0, 0.1) is 0 Å². The summed E-state index contributed by atoms with van der Waals surface area (Å²) < 4.78 is 1.64. The molecule has 2 aromatic heterocycles. The van der Waals surface area contributed by atoms with Gasteiger partial charge in [-0.1, -0.05) is 41.6 Å². The molecule has 0 fully saturated rings. The largest absolute Gasteiger partial charge is 0.311 e. The van der Waals surface area contributed by atoms with E-state index in [1.807, 2.05) is 30.3 Å². The van der Waals surface area contributed by atoms with Gasteiger partial charge in [-0.3, -0.25) is 4.79 Å². The second-order valence-corrected chi connectivity index (χ2v) is 6.22. The van der Waals surface area contributed by atoms with Crippen molar-refractivity contribution in [2.45, 2.75) is 11.6 Å². The number of nitrogens with zero attached hydrogens (tertiary/aromatic N) is 5. The van der Waals surface area contributed by atoms with Crippen LogP contribution in [0.1, 0.15) is 6.42 Å². The molecule has 3 aromatic rings. The van der Waals surface area contributed by atoms with E-state index in [0.717, 1.165) is 5.69 Å². The van der Waals surface area contributed by atoms with Gasteiger partial charge in [0.25, 0.3) is 0 Å². The van der Waals surface area contributed by atoms with Gasteiger partial charge in [0, 0.05) is 18.4 Å². The second-order valence-electron chi connectivity index (χ2n) is 4.72. The third-order valence-electron chi connectivity index (χ3n) is 3.00. The van der Waals surface area contributed by atoms with Gasteiger partial charge in [0.15, 0.2) is 0 Å². The number of anilines is 1. The van der Waals surface area contributed by atoms with E-state index in [1.54, 1.807) is 16.8 Å². The van der Waals surface area contributed by atoms with Gasteiger partial charge in [-0.2, -0.15) is 4.68 Å². The van der Waals surface area contributed by atoms with Crippen molar-refractivity contribution in [1.82, 2.24) is 25.2 Å². The van der Waals surface area contributed by atoms with Crippen molar-refractivity contribution in [2.24, 2.45) is 0 Å². The molecule has 0 unspecified atom stereocenters. The number of rotatable bonds is 6. The van der Waals surface area contributed by atoms with Crippen LogP contribution in [0.3, 0.4) is 0 Å². The molecule has 1 N–H and O–H groups in total. The van der Waals surface area contributed by atoms with E-state index in [-0.39, 0.29) is 5.91 Å². The maximum Gasteiger partial charge on any atom is 0.226 e. The molecule has 0 spiro atoms. The van der Waals surface area contributed by atoms with Gasteiger partial charge in [-0.05, 0) is 34.7 Å². The number of carbonyl (C=O) groups excluding carboxylic acids is 1. The second kappa shape index (κ2) is 7.89. The molecule has 9 heteroatoms. The van der Waals surface area contributed by atoms with E-state index in [1.165, 1.54) is 18.0 Å². The van der Waals surface area contributed by atoms with Gasteiger partial charge < -0.3 is 5.32 Å². The highest BCUT2D eigenvalue weighted by molar-refractivity contribution is 7.99. The number of aromatic nitrogens is 5. The van der Waals surface area contributed by atoms with Crippen molar-refractivity contribution in [3.8, 4) is 5.69 Å². The van der Waals surface area contributed by atoms with Crippen LogP contribution in [0.2, 0.25) is 5.02 Å². The SMILES string of the molecule is O=C(CCSc1nnnn1-c1ccccc1)Nc1ccc(Cl)cn1. The molecule has 24 heavy (non-hydrogen) atoms. The molecule has 0 saturated heterocycles. The Morgan fingerprint density at radius 3 is 2.79 bits per heavy atom. The summed E-state index contributed by atoms with van der Waals surface area (Å²) in [6.07, 6.45) is 1.80. The summed E-state index contributed by atoms with van der Waals surface area (Å²) in [6.45, 7) is 0. The van der Waals surface area contributed by atoms with Crippen molar-refractivity contribution in [3.63, 3.8) is 0 Å². The fraction of sp³-hybridized carbons (Fsp3) is 0.133. The smallest absolute Gasteiger partial charge is 0.226 e. The molecular formula is C15H13ClN6OS. The summed E-state index contributed by atoms with van der Waals surface area (Å²) in [4.78, 5) is 15.9.